The van der Waals surface area contributed by atoms with Gasteiger partial charge in [0.1, 0.15) is 11.2 Å². The Morgan fingerprint density at radius 2 is 1.07 bits per heavy atom. The fourth-order valence-electron chi connectivity index (χ4n) is 8.74. The predicted octanol–water partition coefficient (Wildman–Crippen LogP) is 15.8. The van der Waals surface area contributed by atoms with Crippen molar-refractivity contribution < 1.29 is 15.4 Å². The van der Waals surface area contributed by atoms with Crippen LogP contribution in [0.3, 0.4) is 0 Å². The summed E-state index contributed by atoms with van der Waals surface area (Å²) >= 11 is 0. The van der Waals surface area contributed by atoms with Crippen molar-refractivity contribution in [1.82, 2.24) is 4.57 Å². The highest BCUT2D eigenvalue weighted by molar-refractivity contribution is 6.20. The van der Waals surface area contributed by atoms with Gasteiger partial charge in [-0.3, -0.25) is 0 Å². The number of para-hydroxylation sites is 4. The van der Waals surface area contributed by atoms with Crippen LogP contribution in [0.5, 0.6) is 0 Å². The zero-order valence-electron chi connectivity index (χ0n) is 39.5. The molecule has 0 radical (unpaired) electrons. The zero-order chi connectivity index (χ0) is 45.8. The van der Waals surface area contributed by atoms with Crippen molar-refractivity contribution in [1.29, 1.82) is 0 Å². The molecule has 0 spiro atoms. The van der Waals surface area contributed by atoms with Crippen LogP contribution in [0.1, 0.15) is 11.0 Å². The maximum atomic E-state index is 9.99. The van der Waals surface area contributed by atoms with Gasteiger partial charge in [0, 0.05) is 27.2 Å². The SMILES string of the molecule is [2H]c1c([2H])c([2H])c(-n2c3ccccc3c3ccccc32)c(N(c2c([2H])c([2H])c(-c3cccc(-c4cccc5ccccc45)c3)c([2H])c2[2H])c2cccc3oc4c5ccccc5ccc4c23)c1[2H]. The first-order chi connectivity index (χ1) is 32.6. The number of hydrogen-bond donors (Lipinski definition) is 0. The minimum atomic E-state index is -0.526. The van der Waals surface area contributed by atoms with Gasteiger partial charge in [0.15, 0.2) is 0 Å². The summed E-state index contributed by atoms with van der Waals surface area (Å²) in [5.41, 5.74) is 4.95. The molecular weight excluding hydrogens is 717 g/mol. The van der Waals surface area contributed by atoms with Crippen LogP contribution in [0.25, 0.3) is 93.2 Å². The van der Waals surface area contributed by atoms with E-state index in [0.717, 1.165) is 43.4 Å². The minimum absolute atomic E-state index is 0.0633. The van der Waals surface area contributed by atoms with Crippen molar-refractivity contribution in [2.45, 2.75) is 0 Å². The Bertz CT molecular complexity index is 3970. The largest absolute Gasteiger partial charge is 0.455 e. The lowest BCUT2D eigenvalue weighted by molar-refractivity contribution is 0.672. The highest BCUT2D eigenvalue weighted by atomic mass is 16.3. The lowest BCUT2D eigenvalue weighted by atomic mass is 9.95. The van der Waals surface area contributed by atoms with Crippen molar-refractivity contribution in [3.05, 3.63) is 218 Å². The second-order valence-corrected chi connectivity index (χ2v) is 14.6. The van der Waals surface area contributed by atoms with Crippen LogP contribution in [0.15, 0.2) is 223 Å². The van der Waals surface area contributed by atoms with Crippen LogP contribution in [-0.2, 0) is 0 Å². The third kappa shape index (κ3) is 5.29. The number of nitrogens with zero attached hydrogens (tertiary/aromatic N) is 2. The molecule has 3 nitrogen and oxygen atoms in total. The summed E-state index contributed by atoms with van der Waals surface area (Å²) in [6, 6.07) is 50.9. The van der Waals surface area contributed by atoms with E-state index in [1.54, 1.807) is 18.2 Å². The van der Waals surface area contributed by atoms with E-state index in [-0.39, 0.29) is 40.8 Å². The second-order valence-electron chi connectivity index (χ2n) is 14.6. The monoisotopic (exact) mass is 760 g/mol. The molecule has 0 unspecified atom stereocenters. The summed E-state index contributed by atoms with van der Waals surface area (Å²) in [4.78, 5) is 1.50. The molecule has 3 heteroatoms. The molecule has 12 rings (SSSR count). The molecular formula is C56H36N2O. The van der Waals surface area contributed by atoms with Crippen molar-refractivity contribution in [2.24, 2.45) is 0 Å². The second kappa shape index (κ2) is 13.4. The maximum absolute atomic E-state index is 9.99. The molecule has 0 aliphatic carbocycles. The summed E-state index contributed by atoms with van der Waals surface area (Å²) in [6.07, 6.45) is 0. The van der Waals surface area contributed by atoms with Gasteiger partial charge in [0.2, 0.25) is 0 Å². The zero-order valence-corrected chi connectivity index (χ0v) is 31.5. The van der Waals surface area contributed by atoms with E-state index in [4.69, 9.17) is 5.79 Å². The summed E-state index contributed by atoms with van der Waals surface area (Å²) in [5.74, 6) is 0. The Hall–Kier alpha value is -7.88. The minimum Gasteiger partial charge on any atom is -0.455 e. The van der Waals surface area contributed by atoms with E-state index >= 15 is 0 Å². The predicted molar refractivity (Wildman–Crippen MR) is 249 cm³/mol. The first-order valence-corrected chi connectivity index (χ1v) is 19.5. The van der Waals surface area contributed by atoms with Crippen LogP contribution >= 0.6 is 0 Å². The first kappa shape index (κ1) is 26.1. The first-order valence-electron chi connectivity index (χ1n) is 23.5. The number of aromatic nitrogens is 1. The van der Waals surface area contributed by atoms with E-state index in [1.807, 2.05) is 150 Å². The average molecular weight is 761 g/mol. The van der Waals surface area contributed by atoms with Gasteiger partial charge in [-0.25, -0.2) is 0 Å². The van der Waals surface area contributed by atoms with Crippen molar-refractivity contribution in [3.8, 4) is 27.9 Å². The lowest BCUT2D eigenvalue weighted by Gasteiger charge is -2.29. The van der Waals surface area contributed by atoms with E-state index in [2.05, 4.69) is 6.07 Å². The Kier molecular flexibility index (Phi) is 5.92. The van der Waals surface area contributed by atoms with Gasteiger partial charge >= 0.3 is 0 Å². The Morgan fingerprint density at radius 3 is 1.86 bits per heavy atom. The van der Waals surface area contributed by atoms with Gasteiger partial charge in [-0.2, -0.15) is 0 Å². The summed E-state index contributed by atoms with van der Waals surface area (Å²) in [6.45, 7) is 0. The molecule has 12 aromatic rings. The molecule has 0 aliphatic heterocycles. The van der Waals surface area contributed by atoms with E-state index in [0.29, 0.717) is 44.2 Å². The third-order valence-electron chi connectivity index (χ3n) is 11.4. The summed E-state index contributed by atoms with van der Waals surface area (Å²) < 4.78 is 85.9. The normalized spacial score (nSPS) is 13.6. The molecule has 0 atom stereocenters. The molecule has 2 aromatic heterocycles. The Labute approximate surface area is 352 Å². The van der Waals surface area contributed by atoms with E-state index in [9.17, 15) is 9.60 Å². The van der Waals surface area contributed by atoms with Gasteiger partial charge in [0.25, 0.3) is 0 Å². The highest BCUT2D eigenvalue weighted by Gasteiger charge is 2.24. The molecule has 0 saturated carbocycles. The molecule has 0 amide bonds. The Morgan fingerprint density at radius 1 is 0.441 bits per heavy atom. The van der Waals surface area contributed by atoms with E-state index < -0.39 is 30.2 Å². The third-order valence-corrected chi connectivity index (χ3v) is 11.4. The standard InChI is InChI=1S/C56H36N2O/c1-3-19-43-38(14-1)16-12-23-44(43)41-18-11-17-40(36-41)37-30-33-42(34-31-37)57(53-28-13-29-54-55(53)48-35-32-39-15-2-4-20-45(39)56(48)59-54)51-26-9-10-27-52(51)58-49-24-7-5-21-46(49)47-22-6-8-25-50(47)58/h1-36H/i9D,10D,26D,27D,30D,31D,33D,34D. The lowest BCUT2D eigenvalue weighted by Crippen LogP contribution is -2.13. The molecule has 0 aliphatic rings. The van der Waals surface area contributed by atoms with Gasteiger partial charge < -0.3 is 13.9 Å². The number of furan rings is 1. The molecule has 2 heterocycles. The molecule has 0 bridgehead atoms. The van der Waals surface area contributed by atoms with Crippen LogP contribution < -0.4 is 4.90 Å². The Balaban J connectivity index is 1.20. The molecule has 276 valence electrons. The molecule has 59 heavy (non-hydrogen) atoms. The van der Waals surface area contributed by atoms with Gasteiger partial charge in [-0.05, 0) is 99.0 Å². The van der Waals surface area contributed by atoms with Crippen molar-refractivity contribution >= 4 is 82.4 Å². The van der Waals surface area contributed by atoms with Crippen LogP contribution in [0.2, 0.25) is 0 Å². The molecule has 10 aromatic carbocycles. The maximum Gasteiger partial charge on any atom is 0.143 e. The number of anilines is 3. The van der Waals surface area contributed by atoms with Gasteiger partial charge in [-0.15, -0.1) is 0 Å². The molecule has 0 N–H and O–H groups in total. The van der Waals surface area contributed by atoms with E-state index in [1.165, 1.54) is 4.90 Å². The van der Waals surface area contributed by atoms with Gasteiger partial charge in [-0.1, -0.05) is 158 Å². The number of rotatable bonds is 6. The van der Waals surface area contributed by atoms with Crippen LogP contribution in [-0.4, -0.2) is 4.57 Å². The quantitative estimate of drug-likeness (QED) is 0.168. The summed E-state index contributed by atoms with van der Waals surface area (Å²) in [5, 5.41) is 6.89. The topological polar surface area (TPSA) is 21.3 Å². The van der Waals surface area contributed by atoms with Crippen molar-refractivity contribution in [2.75, 3.05) is 4.90 Å². The fraction of sp³-hybridized carbons (Fsp3) is 0. The van der Waals surface area contributed by atoms with Crippen LogP contribution in [0.4, 0.5) is 17.1 Å². The smallest absolute Gasteiger partial charge is 0.143 e. The number of fused-ring (bicyclic) bond motifs is 9. The fourth-order valence-corrected chi connectivity index (χ4v) is 8.74. The number of benzene rings is 10. The van der Waals surface area contributed by atoms with Crippen molar-refractivity contribution in [3.63, 3.8) is 0 Å². The van der Waals surface area contributed by atoms with Crippen LogP contribution in [0, 0.1) is 0 Å². The molecule has 0 saturated heterocycles. The highest BCUT2D eigenvalue weighted by Crippen LogP contribution is 2.47. The average Bonchev–Trinajstić information content (AvgIpc) is 3.92. The summed E-state index contributed by atoms with van der Waals surface area (Å²) in [7, 11) is 0. The van der Waals surface area contributed by atoms with Gasteiger partial charge in [0.05, 0.1) is 44.4 Å². The molecule has 0 fully saturated rings. The number of hydrogen-bond acceptors (Lipinski definition) is 2.